The molecule has 4 heterocycles. The van der Waals surface area contributed by atoms with Crippen molar-refractivity contribution in [1.29, 1.82) is 0 Å². The van der Waals surface area contributed by atoms with E-state index >= 15 is 0 Å². The Morgan fingerprint density at radius 3 is 2.32 bits per heavy atom. The van der Waals surface area contributed by atoms with E-state index in [1.807, 2.05) is 50.0 Å². The van der Waals surface area contributed by atoms with Gasteiger partial charge in [0, 0.05) is 12.1 Å². The molecule has 0 aromatic rings. The first-order chi connectivity index (χ1) is 17.7. The van der Waals surface area contributed by atoms with Crippen LogP contribution in [0.1, 0.15) is 74.7 Å². The van der Waals surface area contributed by atoms with Gasteiger partial charge in [0.1, 0.15) is 23.2 Å². The van der Waals surface area contributed by atoms with Crippen molar-refractivity contribution in [2.45, 2.75) is 103 Å². The molecule has 1 spiro atoms. The number of rotatable bonds is 6. The van der Waals surface area contributed by atoms with Crippen LogP contribution in [0, 0.1) is 23.2 Å². The number of carbonyl (C=O) groups excluding carboxylic acids is 3. The average molecular weight is 531 g/mol. The third-order valence-electron chi connectivity index (χ3n) is 8.85. The standard InChI is InChI=1S/C30H46N2O6/c1-9-29-13-10-11-16-37-26(36)22(29)21-24(34)32(20(17-33)19(2)3)23-25(35)31(15-12-14-30(21,23)38-29)28(7,8)18-27(4,5)6/h10,12-14,19-23,33H,9,11,15-18H2,1-8H3/t20-,21-,22+,23?,29-,30-/m0/s1. The summed E-state index contributed by atoms with van der Waals surface area (Å²) in [5.74, 6) is -2.94. The quantitative estimate of drug-likeness (QED) is 0.417. The van der Waals surface area contributed by atoms with Gasteiger partial charge in [0.2, 0.25) is 11.8 Å². The predicted octanol–water partition coefficient (Wildman–Crippen LogP) is 3.48. The van der Waals surface area contributed by atoms with Gasteiger partial charge in [0.05, 0.1) is 25.2 Å². The minimum Gasteiger partial charge on any atom is -0.465 e. The summed E-state index contributed by atoms with van der Waals surface area (Å²) in [4.78, 5) is 46.1. The van der Waals surface area contributed by atoms with Gasteiger partial charge in [-0.15, -0.1) is 0 Å². The molecule has 4 rings (SSSR count). The van der Waals surface area contributed by atoms with Crippen LogP contribution in [0.15, 0.2) is 24.3 Å². The fourth-order valence-electron chi connectivity index (χ4n) is 7.58. The summed E-state index contributed by atoms with van der Waals surface area (Å²) in [6, 6.07) is -1.60. The number of amides is 2. The molecule has 1 N–H and O–H groups in total. The maximum absolute atomic E-state index is 14.7. The van der Waals surface area contributed by atoms with E-state index in [1.165, 1.54) is 0 Å². The van der Waals surface area contributed by atoms with Crippen LogP contribution in [0.3, 0.4) is 0 Å². The van der Waals surface area contributed by atoms with E-state index in [0.29, 0.717) is 19.4 Å². The van der Waals surface area contributed by atoms with E-state index < -0.39 is 46.6 Å². The molecule has 0 aromatic heterocycles. The molecule has 0 radical (unpaired) electrons. The molecule has 0 aliphatic carbocycles. The molecule has 2 fully saturated rings. The first-order valence-electron chi connectivity index (χ1n) is 14.1. The minimum absolute atomic E-state index is 0.0348. The molecule has 0 bridgehead atoms. The van der Waals surface area contributed by atoms with Crippen molar-refractivity contribution in [2.75, 3.05) is 19.8 Å². The number of esters is 1. The lowest BCUT2D eigenvalue weighted by Gasteiger charge is -2.46. The molecule has 2 saturated heterocycles. The molecule has 8 nitrogen and oxygen atoms in total. The third-order valence-corrected chi connectivity index (χ3v) is 8.85. The van der Waals surface area contributed by atoms with Crippen molar-refractivity contribution in [1.82, 2.24) is 9.80 Å². The van der Waals surface area contributed by atoms with E-state index in [2.05, 4.69) is 34.6 Å². The summed E-state index contributed by atoms with van der Waals surface area (Å²) in [5, 5.41) is 10.4. The molecule has 1 unspecified atom stereocenters. The van der Waals surface area contributed by atoms with Crippen molar-refractivity contribution in [2.24, 2.45) is 23.2 Å². The molecular formula is C30H46N2O6. The van der Waals surface area contributed by atoms with Gasteiger partial charge in [-0.1, -0.05) is 65.8 Å². The Kier molecular flexibility index (Phi) is 7.41. The van der Waals surface area contributed by atoms with Crippen LogP contribution in [-0.4, -0.2) is 81.3 Å². The van der Waals surface area contributed by atoms with Crippen LogP contribution in [-0.2, 0) is 23.9 Å². The number of nitrogens with zero attached hydrogens (tertiary/aromatic N) is 2. The zero-order chi connectivity index (χ0) is 28.3. The second kappa shape index (κ2) is 9.77. The van der Waals surface area contributed by atoms with Gasteiger partial charge in [-0.25, -0.2) is 0 Å². The van der Waals surface area contributed by atoms with Crippen molar-refractivity contribution >= 4 is 17.8 Å². The molecule has 6 atom stereocenters. The molecule has 8 heteroatoms. The maximum Gasteiger partial charge on any atom is 0.313 e. The SMILES string of the molecule is CC[C@]12C=CCCOC(=O)[C@H]1[C@H]1C(=O)N([C@@H](CO)C(C)C)C3C(=O)N(C(C)(C)CC(C)(C)C)CC=C[C@@]31O2. The van der Waals surface area contributed by atoms with Crippen molar-refractivity contribution in [3.63, 3.8) is 0 Å². The molecule has 0 saturated carbocycles. The summed E-state index contributed by atoms with van der Waals surface area (Å²) in [6.45, 7) is 16.7. The maximum atomic E-state index is 14.7. The molecule has 4 aliphatic rings. The number of aliphatic hydroxyl groups is 1. The molecule has 212 valence electrons. The van der Waals surface area contributed by atoms with Crippen LogP contribution in [0.25, 0.3) is 0 Å². The lowest BCUT2D eigenvalue weighted by molar-refractivity contribution is -0.165. The van der Waals surface area contributed by atoms with Crippen LogP contribution in [0.2, 0.25) is 0 Å². The lowest BCUT2D eigenvalue weighted by Crippen LogP contribution is -2.62. The number of aliphatic hydroxyl groups excluding tert-OH is 1. The fraction of sp³-hybridized carbons (Fsp3) is 0.767. The highest BCUT2D eigenvalue weighted by molar-refractivity contribution is 5.99. The van der Waals surface area contributed by atoms with Crippen LogP contribution in [0.5, 0.6) is 0 Å². The Bertz CT molecular complexity index is 1030. The average Bonchev–Trinajstić information content (AvgIpc) is 3.13. The molecule has 4 aliphatic heterocycles. The summed E-state index contributed by atoms with van der Waals surface area (Å²) in [7, 11) is 0. The van der Waals surface area contributed by atoms with Gasteiger partial charge in [-0.2, -0.15) is 0 Å². The van der Waals surface area contributed by atoms with Crippen LogP contribution >= 0.6 is 0 Å². The first kappa shape index (κ1) is 28.8. The van der Waals surface area contributed by atoms with Crippen molar-refractivity contribution < 1.29 is 29.0 Å². The second-order valence-corrected chi connectivity index (χ2v) is 13.6. The number of ether oxygens (including phenoxy) is 2. The highest BCUT2D eigenvalue weighted by Crippen LogP contribution is 2.59. The number of cyclic esters (lactones) is 1. The Morgan fingerprint density at radius 1 is 1.05 bits per heavy atom. The van der Waals surface area contributed by atoms with Gasteiger partial charge in [-0.05, 0) is 44.4 Å². The number of likely N-dealkylation sites (tertiary alicyclic amines) is 1. The van der Waals surface area contributed by atoms with Gasteiger partial charge in [-0.3, -0.25) is 14.4 Å². The van der Waals surface area contributed by atoms with E-state index in [4.69, 9.17) is 9.47 Å². The summed E-state index contributed by atoms with van der Waals surface area (Å²) in [6.07, 6.45) is 9.42. The zero-order valence-electron chi connectivity index (χ0n) is 24.3. The number of hydrogen-bond donors (Lipinski definition) is 1. The van der Waals surface area contributed by atoms with Gasteiger partial charge in [0.15, 0.2) is 0 Å². The van der Waals surface area contributed by atoms with Gasteiger partial charge in [0.25, 0.3) is 0 Å². The summed E-state index contributed by atoms with van der Waals surface area (Å²) in [5.41, 5.74) is -2.95. The lowest BCUT2D eigenvalue weighted by atomic mass is 9.73. The Morgan fingerprint density at radius 2 is 1.74 bits per heavy atom. The monoisotopic (exact) mass is 530 g/mol. The first-order valence-corrected chi connectivity index (χ1v) is 14.1. The van der Waals surface area contributed by atoms with E-state index in [0.717, 1.165) is 6.42 Å². The molecular weight excluding hydrogens is 484 g/mol. The number of fused-ring (bicyclic) bond motifs is 2. The van der Waals surface area contributed by atoms with E-state index in [-0.39, 0.29) is 36.4 Å². The Hall–Kier alpha value is -2.19. The van der Waals surface area contributed by atoms with E-state index in [9.17, 15) is 19.5 Å². The number of hydrogen-bond acceptors (Lipinski definition) is 6. The minimum atomic E-state index is -1.35. The Labute approximate surface area is 227 Å². The van der Waals surface area contributed by atoms with Gasteiger partial charge >= 0.3 is 5.97 Å². The van der Waals surface area contributed by atoms with Crippen LogP contribution < -0.4 is 0 Å². The second-order valence-electron chi connectivity index (χ2n) is 13.6. The van der Waals surface area contributed by atoms with Crippen LogP contribution in [0.4, 0.5) is 0 Å². The largest absolute Gasteiger partial charge is 0.465 e. The van der Waals surface area contributed by atoms with Crippen molar-refractivity contribution in [3.8, 4) is 0 Å². The summed E-state index contributed by atoms with van der Waals surface area (Å²) >= 11 is 0. The zero-order valence-corrected chi connectivity index (χ0v) is 24.3. The fourth-order valence-corrected chi connectivity index (χ4v) is 7.58. The topological polar surface area (TPSA) is 96.4 Å². The predicted molar refractivity (Wildman–Crippen MR) is 144 cm³/mol. The highest BCUT2D eigenvalue weighted by atomic mass is 16.6. The smallest absolute Gasteiger partial charge is 0.313 e. The Balaban J connectivity index is 1.92. The normalized spacial score (nSPS) is 34.5. The van der Waals surface area contributed by atoms with Gasteiger partial charge < -0.3 is 24.4 Å². The van der Waals surface area contributed by atoms with E-state index in [1.54, 1.807) is 4.90 Å². The molecule has 0 aromatic carbocycles. The van der Waals surface area contributed by atoms with Crippen molar-refractivity contribution in [3.05, 3.63) is 24.3 Å². The highest BCUT2D eigenvalue weighted by Gasteiger charge is 2.76. The number of carbonyl (C=O) groups is 3. The molecule has 2 amide bonds. The molecule has 38 heavy (non-hydrogen) atoms. The third kappa shape index (κ3) is 4.41. The summed E-state index contributed by atoms with van der Waals surface area (Å²) < 4.78 is 12.5.